The summed E-state index contributed by atoms with van der Waals surface area (Å²) in [5.41, 5.74) is 7.07. The number of likely N-dealkylation sites (tertiary alicyclic amines) is 1. The number of hydrogen-bond acceptors (Lipinski definition) is 2. The molecule has 2 rings (SSSR count). The van der Waals surface area contributed by atoms with Crippen LogP contribution >= 0.6 is 12.4 Å². The van der Waals surface area contributed by atoms with Crippen molar-refractivity contribution in [2.24, 2.45) is 5.73 Å². The van der Waals surface area contributed by atoms with Gasteiger partial charge in [0.05, 0.1) is 0 Å². The van der Waals surface area contributed by atoms with Gasteiger partial charge in [0, 0.05) is 19.1 Å². The Kier molecular flexibility index (Phi) is 8.17. The van der Waals surface area contributed by atoms with E-state index in [2.05, 4.69) is 35.2 Å². The van der Waals surface area contributed by atoms with Gasteiger partial charge in [0.15, 0.2) is 0 Å². The molecular weight excluding hydrogens is 236 g/mol. The molecule has 1 fully saturated rings. The van der Waals surface area contributed by atoms with Gasteiger partial charge in [-0.15, -0.1) is 12.4 Å². The van der Waals surface area contributed by atoms with Crippen molar-refractivity contribution in [1.29, 1.82) is 0 Å². The van der Waals surface area contributed by atoms with Crippen LogP contribution in [0.3, 0.4) is 0 Å². The second kappa shape index (κ2) is 8.48. The Hall–Kier alpha value is -0.610. The van der Waals surface area contributed by atoms with Crippen molar-refractivity contribution in [2.75, 3.05) is 19.6 Å². The highest BCUT2D eigenvalue weighted by atomic mass is 35.5. The zero-order valence-electron chi connectivity index (χ0n) is 10.1. The second-order valence-corrected chi connectivity index (χ2v) is 4.31. The van der Waals surface area contributed by atoms with Crippen LogP contribution in [0.1, 0.15) is 18.4 Å². The molecule has 0 spiro atoms. The number of nitrogens with two attached hydrogens (primary N) is 1. The van der Waals surface area contributed by atoms with Gasteiger partial charge in [-0.3, -0.25) is 4.90 Å². The summed E-state index contributed by atoms with van der Waals surface area (Å²) in [6, 6.07) is 11.5. The van der Waals surface area contributed by atoms with Crippen LogP contribution in [-0.4, -0.2) is 36.1 Å². The van der Waals surface area contributed by atoms with Crippen molar-refractivity contribution in [3.8, 4) is 0 Å². The fourth-order valence-electron chi connectivity index (χ4n) is 2.47. The zero-order chi connectivity index (χ0) is 10.5. The Morgan fingerprint density at radius 2 is 1.94 bits per heavy atom. The molecule has 0 radical (unpaired) electrons. The van der Waals surface area contributed by atoms with E-state index in [4.69, 9.17) is 5.73 Å². The molecule has 1 aliphatic rings. The molecule has 0 aromatic heterocycles. The van der Waals surface area contributed by atoms with Gasteiger partial charge in [-0.05, 0) is 31.4 Å². The topological polar surface area (TPSA) is 60.8 Å². The van der Waals surface area contributed by atoms with E-state index in [1.165, 1.54) is 31.4 Å². The molecule has 98 valence electrons. The van der Waals surface area contributed by atoms with Crippen LogP contribution in [-0.2, 0) is 6.42 Å². The van der Waals surface area contributed by atoms with Crippen LogP contribution in [0, 0.1) is 0 Å². The van der Waals surface area contributed by atoms with E-state index >= 15 is 0 Å². The first-order valence-corrected chi connectivity index (χ1v) is 5.88. The third kappa shape index (κ3) is 4.64. The lowest BCUT2D eigenvalue weighted by Crippen LogP contribution is -2.35. The summed E-state index contributed by atoms with van der Waals surface area (Å²) >= 11 is 0. The third-order valence-electron chi connectivity index (χ3n) is 3.23. The average molecular weight is 259 g/mol. The third-order valence-corrected chi connectivity index (χ3v) is 3.23. The minimum absolute atomic E-state index is 0. The molecule has 4 heteroatoms. The lowest BCUT2D eigenvalue weighted by Gasteiger charge is -2.23. The van der Waals surface area contributed by atoms with Gasteiger partial charge < -0.3 is 11.2 Å². The summed E-state index contributed by atoms with van der Waals surface area (Å²) in [5.74, 6) is 0. The minimum atomic E-state index is 0. The molecule has 1 heterocycles. The summed E-state index contributed by atoms with van der Waals surface area (Å²) < 4.78 is 0. The molecule has 1 atom stereocenters. The molecule has 1 saturated heterocycles. The van der Waals surface area contributed by atoms with Gasteiger partial charge in [0.2, 0.25) is 0 Å². The van der Waals surface area contributed by atoms with E-state index in [1.807, 2.05) is 0 Å². The van der Waals surface area contributed by atoms with Crippen molar-refractivity contribution in [1.82, 2.24) is 4.90 Å². The normalized spacial score (nSPS) is 19.5. The average Bonchev–Trinajstić information content (AvgIpc) is 2.68. The number of hydrogen-bond donors (Lipinski definition) is 1. The Morgan fingerprint density at radius 1 is 1.24 bits per heavy atom. The van der Waals surface area contributed by atoms with E-state index in [0.29, 0.717) is 0 Å². The van der Waals surface area contributed by atoms with Crippen LogP contribution in [0.4, 0.5) is 0 Å². The summed E-state index contributed by atoms with van der Waals surface area (Å²) in [6.45, 7) is 3.07. The molecule has 0 bridgehead atoms. The maximum atomic E-state index is 5.62. The van der Waals surface area contributed by atoms with E-state index in [1.54, 1.807) is 0 Å². The summed E-state index contributed by atoms with van der Waals surface area (Å²) in [4.78, 5) is 2.53. The molecule has 4 N–H and O–H groups in total. The molecule has 0 amide bonds. The number of halogens is 1. The minimum Gasteiger partial charge on any atom is -0.412 e. The predicted octanol–water partition coefficient (Wildman–Crippen LogP) is 1.25. The highest BCUT2D eigenvalue weighted by molar-refractivity contribution is 5.85. The standard InChI is InChI=1S/C13H20N2.ClH.H2O/c14-8-10-15-9-4-7-13(15)11-12-5-2-1-3-6-12;;/h1-3,5-6,13H,4,7-11,14H2;1H;1H2. The summed E-state index contributed by atoms with van der Waals surface area (Å²) in [7, 11) is 0. The second-order valence-electron chi connectivity index (χ2n) is 4.31. The Labute approximate surface area is 110 Å². The SMILES string of the molecule is Cl.NCCN1CCCC1Cc1ccccc1.O. The van der Waals surface area contributed by atoms with Crippen LogP contribution in [0.25, 0.3) is 0 Å². The highest BCUT2D eigenvalue weighted by Gasteiger charge is 2.23. The Bertz CT molecular complexity index is 295. The van der Waals surface area contributed by atoms with Crippen LogP contribution in [0.5, 0.6) is 0 Å². The maximum absolute atomic E-state index is 5.62. The van der Waals surface area contributed by atoms with Crippen LogP contribution < -0.4 is 5.73 Å². The number of nitrogens with zero attached hydrogens (tertiary/aromatic N) is 1. The molecule has 1 aromatic carbocycles. The predicted molar refractivity (Wildman–Crippen MR) is 74.7 cm³/mol. The monoisotopic (exact) mass is 258 g/mol. The van der Waals surface area contributed by atoms with Crippen molar-refractivity contribution in [3.63, 3.8) is 0 Å². The van der Waals surface area contributed by atoms with Crippen molar-refractivity contribution in [3.05, 3.63) is 35.9 Å². The van der Waals surface area contributed by atoms with E-state index < -0.39 is 0 Å². The van der Waals surface area contributed by atoms with E-state index in [9.17, 15) is 0 Å². The molecule has 3 nitrogen and oxygen atoms in total. The highest BCUT2D eigenvalue weighted by Crippen LogP contribution is 2.20. The molecule has 1 aliphatic heterocycles. The molecule has 1 aromatic rings. The number of benzene rings is 1. The lowest BCUT2D eigenvalue weighted by molar-refractivity contribution is 0.259. The molecular formula is C13H23ClN2O. The number of rotatable bonds is 4. The van der Waals surface area contributed by atoms with Crippen LogP contribution in [0.15, 0.2) is 30.3 Å². The summed E-state index contributed by atoms with van der Waals surface area (Å²) in [5, 5.41) is 0. The molecule has 0 saturated carbocycles. The fourth-order valence-corrected chi connectivity index (χ4v) is 2.47. The zero-order valence-corrected chi connectivity index (χ0v) is 11.0. The van der Waals surface area contributed by atoms with E-state index in [0.717, 1.165) is 19.1 Å². The van der Waals surface area contributed by atoms with E-state index in [-0.39, 0.29) is 17.9 Å². The fraction of sp³-hybridized carbons (Fsp3) is 0.538. The molecule has 17 heavy (non-hydrogen) atoms. The van der Waals surface area contributed by atoms with Gasteiger partial charge in [0.25, 0.3) is 0 Å². The van der Waals surface area contributed by atoms with Gasteiger partial charge in [-0.2, -0.15) is 0 Å². The van der Waals surface area contributed by atoms with Gasteiger partial charge in [0.1, 0.15) is 0 Å². The maximum Gasteiger partial charge on any atom is 0.0137 e. The first-order chi connectivity index (χ1) is 7.40. The Balaban J connectivity index is 0.00000128. The Morgan fingerprint density at radius 3 is 2.59 bits per heavy atom. The largest absolute Gasteiger partial charge is 0.412 e. The molecule has 0 aliphatic carbocycles. The van der Waals surface area contributed by atoms with Crippen molar-refractivity contribution < 1.29 is 5.48 Å². The summed E-state index contributed by atoms with van der Waals surface area (Å²) in [6.07, 6.45) is 3.84. The van der Waals surface area contributed by atoms with Gasteiger partial charge in [-0.25, -0.2) is 0 Å². The first kappa shape index (κ1) is 16.4. The van der Waals surface area contributed by atoms with Crippen LogP contribution in [0.2, 0.25) is 0 Å². The lowest BCUT2D eigenvalue weighted by atomic mass is 10.0. The van der Waals surface area contributed by atoms with Gasteiger partial charge >= 0.3 is 0 Å². The van der Waals surface area contributed by atoms with Crippen molar-refractivity contribution in [2.45, 2.75) is 25.3 Å². The van der Waals surface area contributed by atoms with Gasteiger partial charge in [-0.1, -0.05) is 30.3 Å². The quantitative estimate of drug-likeness (QED) is 0.884. The smallest absolute Gasteiger partial charge is 0.0137 e. The van der Waals surface area contributed by atoms with Crippen molar-refractivity contribution >= 4 is 12.4 Å². The first-order valence-electron chi connectivity index (χ1n) is 5.88. The molecule has 1 unspecified atom stereocenters.